The van der Waals surface area contributed by atoms with Gasteiger partial charge in [-0.1, -0.05) is 12.1 Å². The lowest BCUT2D eigenvalue weighted by atomic mass is 9.98. The van der Waals surface area contributed by atoms with E-state index in [1.54, 1.807) is 0 Å². The highest BCUT2D eigenvalue weighted by Gasteiger charge is 2.15. The first kappa shape index (κ1) is 22.3. The second-order valence-electron chi connectivity index (χ2n) is 9.45. The number of piperazine rings is 1. The maximum Gasteiger partial charge on any atom is 0.222 e. The number of anilines is 4. The number of hydrogen-bond acceptors (Lipinski definition) is 7. The lowest BCUT2D eigenvalue weighted by molar-refractivity contribution is 0.313. The fourth-order valence-electron chi connectivity index (χ4n) is 4.79. The fourth-order valence-corrected chi connectivity index (χ4v) is 4.79. The fraction of sp³-hybridized carbons (Fsp3) is 0.250. The minimum absolute atomic E-state index is 0.624. The number of fused-ring (bicyclic) bond motifs is 2. The number of hydrogen-bond donors (Lipinski definition) is 3. The minimum atomic E-state index is 0.624. The number of aromatic nitrogens is 4. The number of nitrogens with one attached hydrogen (secondary N) is 3. The third-order valence-corrected chi connectivity index (χ3v) is 6.95. The number of rotatable bonds is 5. The van der Waals surface area contributed by atoms with E-state index in [4.69, 9.17) is 4.98 Å². The van der Waals surface area contributed by atoms with Crippen LogP contribution in [0.3, 0.4) is 0 Å². The summed E-state index contributed by atoms with van der Waals surface area (Å²) in [6.07, 6.45) is 1.86. The van der Waals surface area contributed by atoms with Crippen LogP contribution in [0.1, 0.15) is 5.56 Å². The molecule has 0 bridgehead atoms. The number of benzene rings is 3. The van der Waals surface area contributed by atoms with Crippen LogP contribution in [-0.4, -0.2) is 65.1 Å². The molecule has 2 aromatic heterocycles. The summed E-state index contributed by atoms with van der Waals surface area (Å²) in [6, 6.07) is 19.2. The Kier molecular flexibility index (Phi) is 5.65. The highest BCUT2D eigenvalue weighted by atomic mass is 15.2. The molecule has 8 heteroatoms. The first-order chi connectivity index (χ1) is 17.6. The Labute approximate surface area is 210 Å². The van der Waals surface area contributed by atoms with E-state index in [2.05, 4.69) is 97.9 Å². The zero-order valence-electron chi connectivity index (χ0n) is 20.8. The monoisotopic (exact) mass is 478 g/mol. The molecule has 0 atom stereocenters. The topological polar surface area (TPSA) is 85.0 Å². The molecule has 1 saturated heterocycles. The molecule has 0 saturated carbocycles. The second-order valence-corrected chi connectivity index (χ2v) is 9.45. The van der Waals surface area contributed by atoms with E-state index in [0.29, 0.717) is 5.95 Å². The summed E-state index contributed by atoms with van der Waals surface area (Å²) in [7, 11) is 4.00. The van der Waals surface area contributed by atoms with E-state index in [0.717, 1.165) is 70.9 Å². The Bertz CT molecular complexity index is 1550. The van der Waals surface area contributed by atoms with Crippen molar-refractivity contribution in [2.75, 3.05) is 55.8 Å². The van der Waals surface area contributed by atoms with E-state index in [9.17, 15) is 0 Å². The van der Waals surface area contributed by atoms with Gasteiger partial charge in [0.2, 0.25) is 11.9 Å². The van der Waals surface area contributed by atoms with Gasteiger partial charge in [0.25, 0.3) is 0 Å². The van der Waals surface area contributed by atoms with Gasteiger partial charge in [0.1, 0.15) is 0 Å². The lowest BCUT2D eigenvalue weighted by Gasteiger charge is -2.34. The maximum absolute atomic E-state index is 4.77. The van der Waals surface area contributed by atoms with E-state index in [1.165, 1.54) is 11.3 Å². The van der Waals surface area contributed by atoms with Crippen molar-refractivity contribution in [2.24, 2.45) is 0 Å². The van der Waals surface area contributed by atoms with Gasteiger partial charge >= 0.3 is 0 Å². The normalized spacial score (nSPS) is 14.5. The molecule has 0 aliphatic carbocycles. The number of likely N-dealkylation sites (N-methyl/N-ethyl adjacent to an activating group) is 1. The molecular formula is C28H30N8. The Morgan fingerprint density at radius 3 is 2.56 bits per heavy atom. The van der Waals surface area contributed by atoms with Crippen LogP contribution < -0.4 is 15.5 Å². The van der Waals surface area contributed by atoms with Crippen molar-refractivity contribution >= 4 is 45.2 Å². The average Bonchev–Trinajstić information content (AvgIpc) is 3.31. The number of imidazole rings is 1. The molecule has 0 spiro atoms. The molecule has 0 unspecified atom stereocenters. The SMILES string of the molecule is CNc1ncc2cc(-c3cc(Nc4nc5ccc(N6CCN(C)CC6)cc5[nH]4)ccc3C)ccc2n1. The molecule has 1 aliphatic heterocycles. The summed E-state index contributed by atoms with van der Waals surface area (Å²) in [5.41, 5.74) is 8.63. The predicted octanol–water partition coefficient (Wildman–Crippen LogP) is 5.02. The molecular weight excluding hydrogens is 448 g/mol. The summed E-state index contributed by atoms with van der Waals surface area (Å²) in [5, 5.41) is 7.47. The van der Waals surface area contributed by atoms with Crippen LogP contribution >= 0.6 is 0 Å². The van der Waals surface area contributed by atoms with Crippen molar-refractivity contribution in [3.63, 3.8) is 0 Å². The summed E-state index contributed by atoms with van der Waals surface area (Å²) in [6.45, 7) is 6.40. The first-order valence-electron chi connectivity index (χ1n) is 12.3. The molecule has 3 heterocycles. The highest BCUT2D eigenvalue weighted by Crippen LogP contribution is 2.31. The van der Waals surface area contributed by atoms with Gasteiger partial charge in [-0.2, -0.15) is 0 Å². The Morgan fingerprint density at radius 2 is 1.72 bits per heavy atom. The molecule has 3 N–H and O–H groups in total. The van der Waals surface area contributed by atoms with Crippen molar-refractivity contribution in [3.05, 3.63) is 66.4 Å². The zero-order valence-corrected chi connectivity index (χ0v) is 20.8. The van der Waals surface area contributed by atoms with Gasteiger partial charge < -0.3 is 25.4 Å². The highest BCUT2D eigenvalue weighted by molar-refractivity contribution is 5.86. The van der Waals surface area contributed by atoms with Crippen molar-refractivity contribution in [3.8, 4) is 11.1 Å². The number of aryl methyl sites for hydroxylation is 1. The van der Waals surface area contributed by atoms with Gasteiger partial charge in [0.15, 0.2) is 0 Å². The van der Waals surface area contributed by atoms with E-state index in [1.807, 2.05) is 19.3 Å². The molecule has 182 valence electrons. The smallest absolute Gasteiger partial charge is 0.222 e. The second kappa shape index (κ2) is 9.13. The summed E-state index contributed by atoms with van der Waals surface area (Å²) < 4.78 is 0. The number of nitrogens with zero attached hydrogens (tertiary/aromatic N) is 5. The van der Waals surface area contributed by atoms with Crippen LogP contribution in [0.25, 0.3) is 33.1 Å². The lowest BCUT2D eigenvalue weighted by Crippen LogP contribution is -2.44. The first-order valence-corrected chi connectivity index (χ1v) is 12.3. The van der Waals surface area contributed by atoms with Gasteiger partial charge in [-0.05, 0) is 73.1 Å². The quantitative estimate of drug-likeness (QED) is 0.327. The van der Waals surface area contributed by atoms with Crippen LogP contribution in [0.4, 0.5) is 23.3 Å². The van der Waals surface area contributed by atoms with Crippen molar-refractivity contribution in [1.29, 1.82) is 0 Å². The maximum atomic E-state index is 4.77. The molecule has 36 heavy (non-hydrogen) atoms. The minimum Gasteiger partial charge on any atom is -0.369 e. The number of aromatic amines is 1. The zero-order chi connectivity index (χ0) is 24.6. The Morgan fingerprint density at radius 1 is 0.889 bits per heavy atom. The van der Waals surface area contributed by atoms with E-state index >= 15 is 0 Å². The van der Waals surface area contributed by atoms with Gasteiger partial charge in [-0.25, -0.2) is 15.0 Å². The largest absolute Gasteiger partial charge is 0.369 e. The van der Waals surface area contributed by atoms with Crippen LogP contribution in [0, 0.1) is 6.92 Å². The van der Waals surface area contributed by atoms with Crippen molar-refractivity contribution < 1.29 is 0 Å². The number of H-pyrrole nitrogens is 1. The summed E-state index contributed by atoms with van der Waals surface area (Å²) in [5.74, 6) is 1.36. The predicted molar refractivity (Wildman–Crippen MR) is 148 cm³/mol. The van der Waals surface area contributed by atoms with Gasteiger partial charge in [0.05, 0.1) is 16.6 Å². The molecule has 6 rings (SSSR count). The third kappa shape index (κ3) is 4.31. The van der Waals surface area contributed by atoms with Crippen LogP contribution in [0.2, 0.25) is 0 Å². The van der Waals surface area contributed by atoms with Crippen LogP contribution in [0.5, 0.6) is 0 Å². The average molecular weight is 479 g/mol. The van der Waals surface area contributed by atoms with Crippen LogP contribution in [0.15, 0.2) is 60.8 Å². The van der Waals surface area contributed by atoms with Gasteiger partial charge in [-0.3, -0.25) is 0 Å². The Balaban J connectivity index is 1.26. The summed E-state index contributed by atoms with van der Waals surface area (Å²) in [4.78, 5) is 21.9. The van der Waals surface area contributed by atoms with Gasteiger partial charge in [-0.15, -0.1) is 0 Å². The summed E-state index contributed by atoms with van der Waals surface area (Å²) >= 11 is 0. The standard InChI is InChI=1S/C28H30N8/c1-18-4-6-21(15-23(18)19-5-8-24-20(14-19)17-30-27(29-2)32-24)31-28-33-25-9-7-22(16-26(25)34-28)36-12-10-35(3)11-13-36/h4-9,14-17H,10-13H2,1-3H3,(H,29,30,32)(H2,31,33,34). The van der Waals surface area contributed by atoms with Gasteiger partial charge in [0, 0.05) is 56.2 Å². The van der Waals surface area contributed by atoms with Crippen LogP contribution in [-0.2, 0) is 0 Å². The molecule has 5 aromatic rings. The molecule has 0 radical (unpaired) electrons. The molecule has 8 nitrogen and oxygen atoms in total. The van der Waals surface area contributed by atoms with E-state index < -0.39 is 0 Å². The third-order valence-electron chi connectivity index (χ3n) is 6.95. The molecule has 1 fully saturated rings. The molecule has 3 aromatic carbocycles. The van der Waals surface area contributed by atoms with Crippen molar-refractivity contribution in [1.82, 2.24) is 24.8 Å². The van der Waals surface area contributed by atoms with E-state index in [-0.39, 0.29) is 0 Å². The Hall–Kier alpha value is -4.17. The molecule has 1 aliphatic rings. The van der Waals surface area contributed by atoms with Crippen molar-refractivity contribution in [2.45, 2.75) is 6.92 Å². The molecule has 0 amide bonds.